The predicted molar refractivity (Wildman–Crippen MR) is 59.5 cm³/mol. The molecule has 0 spiro atoms. The molecule has 0 bridgehead atoms. The molecule has 1 saturated heterocycles. The van der Waals surface area contributed by atoms with Gasteiger partial charge in [-0.15, -0.1) is 0 Å². The average molecular weight is 211 g/mol. The molecule has 0 saturated carbocycles. The second kappa shape index (κ2) is 5.29. The number of nitrogens with zero attached hydrogens (tertiary/aromatic N) is 1. The minimum Gasteiger partial charge on any atom is -0.332 e. The topological polar surface area (TPSA) is 37.4 Å². The zero-order valence-corrected chi connectivity index (χ0v) is 9.95. The highest BCUT2D eigenvalue weighted by Gasteiger charge is 2.38. The predicted octanol–water partition coefficient (Wildman–Crippen LogP) is 2.00. The smallest absolute Gasteiger partial charge is 0.290 e. The molecule has 0 N–H and O–H groups in total. The molecule has 0 radical (unpaired) electrons. The first-order valence-corrected chi connectivity index (χ1v) is 5.91. The van der Waals surface area contributed by atoms with Gasteiger partial charge in [-0.25, -0.2) is 0 Å². The number of hydrogen-bond donors (Lipinski definition) is 0. The Morgan fingerprint density at radius 1 is 1.33 bits per heavy atom. The van der Waals surface area contributed by atoms with Crippen LogP contribution in [0.3, 0.4) is 0 Å². The number of amides is 1. The van der Waals surface area contributed by atoms with Gasteiger partial charge >= 0.3 is 0 Å². The van der Waals surface area contributed by atoms with E-state index in [1.54, 1.807) is 4.90 Å². The highest BCUT2D eigenvalue weighted by Crippen LogP contribution is 2.23. The molecular weight excluding hydrogens is 190 g/mol. The number of unbranched alkanes of at least 4 members (excludes halogenated alkanes) is 2. The molecule has 0 aromatic rings. The maximum Gasteiger partial charge on any atom is 0.290 e. The Balaban J connectivity index is 2.57. The molecular formula is C12H21NO2. The summed E-state index contributed by atoms with van der Waals surface area (Å²) in [6.07, 6.45) is 3.70. The van der Waals surface area contributed by atoms with Gasteiger partial charge in [-0.05, 0) is 12.3 Å². The Kier molecular flexibility index (Phi) is 4.30. The molecule has 1 fully saturated rings. The van der Waals surface area contributed by atoms with Crippen LogP contribution in [0.25, 0.3) is 0 Å². The van der Waals surface area contributed by atoms with Gasteiger partial charge in [-0.1, -0.05) is 33.6 Å². The van der Waals surface area contributed by atoms with E-state index in [9.17, 15) is 9.59 Å². The minimum atomic E-state index is -0.259. The molecule has 3 nitrogen and oxygen atoms in total. The molecule has 1 atom stereocenters. The molecule has 1 unspecified atom stereocenters. The fraction of sp³-hybridized carbons (Fsp3) is 0.833. The molecule has 0 aromatic heterocycles. The van der Waals surface area contributed by atoms with E-state index in [0.717, 1.165) is 25.8 Å². The summed E-state index contributed by atoms with van der Waals surface area (Å²) in [5.41, 5.74) is 0. The van der Waals surface area contributed by atoms with Gasteiger partial charge in [0.1, 0.15) is 0 Å². The summed E-state index contributed by atoms with van der Waals surface area (Å²) < 4.78 is 0. The van der Waals surface area contributed by atoms with Crippen LogP contribution in [-0.2, 0) is 9.59 Å². The molecule has 0 aliphatic carbocycles. The molecule has 1 aliphatic heterocycles. The largest absolute Gasteiger partial charge is 0.332 e. The summed E-state index contributed by atoms with van der Waals surface area (Å²) in [6, 6.07) is 0.141. The first kappa shape index (κ1) is 12.2. The van der Waals surface area contributed by atoms with E-state index in [1.807, 2.05) is 0 Å². The molecule has 1 rings (SSSR count). The van der Waals surface area contributed by atoms with Crippen molar-refractivity contribution in [2.45, 2.75) is 52.5 Å². The third kappa shape index (κ3) is 2.80. The zero-order chi connectivity index (χ0) is 11.4. The zero-order valence-electron chi connectivity index (χ0n) is 9.95. The van der Waals surface area contributed by atoms with Crippen LogP contribution < -0.4 is 0 Å². The molecule has 0 aromatic carbocycles. The number of Topliss-reactive ketones (excluding diaryl/α,β-unsaturated/α-hetero) is 1. The molecule has 3 heteroatoms. The van der Waals surface area contributed by atoms with Gasteiger partial charge in [0.2, 0.25) is 5.78 Å². The van der Waals surface area contributed by atoms with E-state index in [-0.39, 0.29) is 17.7 Å². The lowest BCUT2D eigenvalue weighted by Gasteiger charge is -2.26. The second-order valence-electron chi connectivity index (χ2n) is 4.64. The van der Waals surface area contributed by atoms with E-state index in [2.05, 4.69) is 20.8 Å². The van der Waals surface area contributed by atoms with Crippen LogP contribution >= 0.6 is 0 Å². The Bertz CT molecular complexity index is 248. The highest BCUT2D eigenvalue weighted by atomic mass is 16.2. The summed E-state index contributed by atoms with van der Waals surface area (Å²) in [5, 5.41) is 0. The first-order valence-electron chi connectivity index (χ1n) is 5.91. The van der Waals surface area contributed by atoms with Crippen molar-refractivity contribution >= 4 is 11.7 Å². The van der Waals surface area contributed by atoms with Crippen molar-refractivity contribution in [3.63, 3.8) is 0 Å². The van der Waals surface area contributed by atoms with Gasteiger partial charge in [0.15, 0.2) is 0 Å². The van der Waals surface area contributed by atoms with Crippen LogP contribution in [0.4, 0.5) is 0 Å². The Labute approximate surface area is 91.8 Å². The SMILES string of the molecule is CCCCCN1C(=O)C(=O)CC1C(C)C. The molecule has 1 heterocycles. The number of hydrogen-bond acceptors (Lipinski definition) is 2. The highest BCUT2D eigenvalue weighted by molar-refractivity contribution is 6.38. The first-order chi connectivity index (χ1) is 7.07. The fourth-order valence-electron chi connectivity index (χ4n) is 2.09. The van der Waals surface area contributed by atoms with Gasteiger partial charge in [0.25, 0.3) is 5.91 Å². The maximum atomic E-state index is 11.6. The quantitative estimate of drug-likeness (QED) is 0.515. The van der Waals surface area contributed by atoms with Crippen LogP contribution in [0.15, 0.2) is 0 Å². The average Bonchev–Trinajstić information content (AvgIpc) is 2.46. The Morgan fingerprint density at radius 3 is 2.53 bits per heavy atom. The summed E-state index contributed by atoms with van der Waals surface area (Å²) in [7, 11) is 0. The van der Waals surface area contributed by atoms with Crippen LogP contribution in [0.5, 0.6) is 0 Å². The maximum absolute atomic E-state index is 11.6. The van der Waals surface area contributed by atoms with Crippen molar-refractivity contribution in [1.82, 2.24) is 4.90 Å². The third-order valence-electron chi connectivity index (χ3n) is 3.07. The van der Waals surface area contributed by atoms with Crippen molar-refractivity contribution in [1.29, 1.82) is 0 Å². The van der Waals surface area contributed by atoms with E-state index >= 15 is 0 Å². The van der Waals surface area contributed by atoms with E-state index < -0.39 is 0 Å². The fourth-order valence-corrected chi connectivity index (χ4v) is 2.09. The summed E-state index contributed by atoms with van der Waals surface area (Å²) in [4.78, 5) is 24.7. The van der Waals surface area contributed by atoms with Crippen molar-refractivity contribution < 1.29 is 9.59 Å². The lowest BCUT2D eigenvalue weighted by Crippen LogP contribution is -2.37. The molecule has 86 valence electrons. The number of rotatable bonds is 5. The van der Waals surface area contributed by atoms with Crippen LogP contribution in [0.1, 0.15) is 46.5 Å². The number of ketones is 1. The van der Waals surface area contributed by atoms with Gasteiger partial charge < -0.3 is 4.90 Å². The monoisotopic (exact) mass is 211 g/mol. The standard InChI is InChI=1S/C12H21NO2/c1-4-5-6-7-13-10(9(2)3)8-11(14)12(13)15/h9-10H,4-8H2,1-3H3. The Morgan fingerprint density at radius 2 is 2.00 bits per heavy atom. The summed E-state index contributed by atoms with van der Waals surface area (Å²) in [5.74, 6) is -0.0861. The number of carbonyl (C=O) groups is 2. The summed E-state index contributed by atoms with van der Waals surface area (Å²) >= 11 is 0. The Hall–Kier alpha value is -0.860. The molecule has 15 heavy (non-hydrogen) atoms. The van der Waals surface area contributed by atoms with Gasteiger partial charge in [0, 0.05) is 19.0 Å². The lowest BCUT2D eigenvalue weighted by molar-refractivity contribution is -0.140. The molecule has 1 amide bonds. The van der Waals surface area contributed by atoms with Crippen molar-refractivity contribution in [3.05, 3.63) is 0 Å². The normalized spacial score (nSPS) is 21.9. The van der Waals surface area contributed by atoms with Crippen LogP contribution in [0, 0.1) is 5.92 Å². The summed E-state index contributed by atoms with van der Waals surface area (Å²) in [6.45, 7) is 7.03. The lowest BCUT2D eigenvalue weighted by atomic mass is 10.0. The van der Waals surface area contributed by atoms with Crippen molar-refractivity contribution in [2.24, 2.45) is 5.92 Å². The van der Waals surface area contributed by atoms with Gasteiger partial charge in [0.05, 0.1) is 0 Å². The van der Waals surface area contributed by atoms with E-state index in [1.165, 1.54) is 0 Å². The molecule has 1 aliphatic rings. The van der Waals surface area contributed by atoms with Gasteiger partial charge in [-0.2, -0.15) is 0 Å². The van der Waals surface area contributed by atoms with Crippen LogP contribution in [0.2, 0.25) is 0 Å². The van der Waals surface area contributed by atoms with Gasteiger partial charge in [-0.3, -0.25) is 9.59 Å². The number of likely N-dealkylation sites (tertiary alicyclic amines) is 1. The van der Waals surface area contributed by atoms with E-state index in [4.69, 9.17) is 0 Å². The van der Waals surface area contributed by atoms with Crippen molar-refractivity contribution in [3.8, 4) is 0 Å². The minimum absolute atomic E-state index is 0.141. The van der Waals surface area contributed by atoms with Crippen LogP contribution in [-0.4, -0.2) is 29.2 Å². The second-order valence-corrected chi connectivity index (χ2v) is 4.64. The third-order valence-corrected chi connectivity index (χ3v) is 3.07. The van der Waals surface area contributed by atoms with E-state index in [0.29, 0.717) is 12.3 Å². The van der Waals surface area contributed by atoms with Crippen molar-refractivity contribution in [2.75, 3.05) is 6.54 Å². The number of carbonyl (C=O) groups excluding carboxylic acids is 2.